The van der Waals surface area contributed by atoms with Crippen molar-refractivity contribution in [3.05, 3.63) is 101 Å². The summed E-state index contributed by atoms with van der Waals surface area (Å²) in [6.07, 6.45) is -0.873. The van der Waals surface area contributed by atoms with E-state index >= 15 is 0 Å². The number of anilines is 1. The average molecular weight is 358 g/mol. The lowest BCUT2D eigenvalue weighted by Gasteiger charge is -2.21. The van der Waals surface area contributed by atoms with Crippen molar-refractivity contribution in [1.29, 1.82) is 0 Å². The number of Topliss-reactive ketones (excluding diaryl/α,β-unsaturated/α-hetero) is 1. The van der Waals surface area contributed by atoms with Crippen LogP contribution in [0.25, 0.3) is 0 Å². The zero-order valence-electron chi connectivity index (χ0n) is 15.4. The number of aryl methyl sites for hydroxylation is 2. The van der Waals surface area contributed by atoms with Crippen LogP contribution in [0.3, 0.4) is 0 Å². The van der Waals surface area contributed by atoms with Gasteiger partial charge in [0.05, 0.1) is 0 Å². The number of para-hydroxylation sites is 1. The van der Waals surface area contributed by atoms with Gasteiger partial charge in [0.15, 0.2) is 6.17 Å². The molecule has 3 rings (SSSR count). The molecular weight excluding hydrogens is 336 g/mol. The second-order valence-corrected chi connectivity index (χ2v) is 6.46. The summed E-state index contributed by atoms with van der Waals surface area (Å²) in [4.78, 5) is 25.7. The molecule has 4 heteroatoms. The minimum atomic E-state index is -0.873. The van der Waals surface area contributed by atoms with Crippen molar-refractivity contribution in [3.8, 4) is 0 Å². The Balaban J connectivity index is 1.87. The van der Waals surface area contributed by atoms with E-state index in [4.69, 9.17) is 0 Å². The summed E-state index contributed by atoms with van der Waals surface area (Å²) in [7, 11) is 0. The maximum absolute atomic E-state index is 13.0. The Morgan fingerprint density at radius 2 is 1.37 bits per heavy atom. The van der Waals surface area contributed by atoms with Crippen molar-refractivity contribution in [2.24, 2.45) is 0 Å². The maximum atomic E-state index is 13.0. The molecule has 27 heavy (non-hydrogen) atoms. The highest BCUT2D eigenvalue weighted by Crippen LogP contribution is 2.16. The van der Waals surface area contributed by atoms with E-state index in [2.05, 4.69) is 10.6 Å². The molecular formula is C23H22N2O2. The molecule has 0 radical (unpaired) electrons. The van der Waals surface area contributed by atoms with Gasteiger partial charge in [-0.05, 0) is 37.6 Å². The zero-order chi connectivity index (χ0) is 19.2. The molecule has 3 aromatic rings. The van der Waals surface area contributed by atoms with E-state index < -0.39 is 6.17 Å². The highest BCUT2D eigenvalue weighted by atomic mass is 16.2. The van der Waals surface area contributed by atoms with E-state index in [1.165, 1.54) is 0 Å². The third-order valence-corrected chi connectivity index (χ3v) is 4.35. The van der Waals surface area contributed by atoms with Crippen molar-refractivity contribution >= 4 is 17.4 Å². The van der Waals surface area contributed by atoms with Gasteiger partial charge in [-0.3, -0.25) is 9.59 Å². The van der Waals surface area contributed by atoms with Crippen molar-refractivity contribution in [2.45, 2.75) is 20.0 Å². The fourth-order valence-electron chi connectivity index (χ4n) is 2.75. The first-order valence-corrected chi connectivity index (χ1v) is 8.83. The Bertz CT molecular complexity index is 934. The normalized spacial score (nSPS) is 11.5. The zero-order valence-corrected chi connectivity index (χ0v) is 15.4. The Hall–Kier alpha value is -3.40. The predicted octanol–water partition coefficient (Wildman–Crippen LogP) is 4.35. The van der Waals surface area contributed by atoms with E-state index in [-0.39, 0.29) is 11.7 Å². The van der Waals surface area contributed by atoms with E-state index in [0.29, 0.717) is 11.1 Å². The molecule has 1 unspecified atom stereocenters. The molecule has 0 aliphatic heterocycles. The average Bonchev–Trinajstić information content (AvgIpc) is 2.69. The topological polar surface area (TPSA) is 58.2 Å². The van der Waals surface area contributed by atoms with E-state index in [0.717, 1.165) is 16.8 Å². The van der Waals surface area contributed by atoms with Crippen LogP contribution >= 0.6 is 0 Å². The summed E-state index contributed by atoms with van der Waals surface area (Å²) in [5.74, 6) is -0.496. The quantitative estimate of drug-likeness (QED) is 0.509. The lowest BCUT2D eigenvalue weighted by atomic mass is 10.1. The lowest BCUT2D eigenvalue weighted by Crippen LogP contribution is -2.46. The van der Waals surface area contributed by atoms with Gasteiger partial charge in [0.25, 0.3) is 5.91 Å². The standard InChI is InChI=1S/C23H22N2O2/c1-16-12-14-19(15-13-16)23(27)25-22(21(26)18-9-4-3-5-10-18)24-20-11-7-6-8-17(20)2/h3-15,22,24H,1-2H3,(H,25,27). The number of carbonyl (C=O) groups excluding carboxylic acids is 2. The highest BCUT2D eigenvalue weighted by molar-refractivity contribution is 6.05. The second kappa shape index (κ2) is 8.32. The van der Waals surface area contributed by atoms with Crippen molar-refractivity contribution in [2.75, 3.05) is 5.32 Å². The molecule has 0 fully saturated rings. The number of amides is 1. The van der Waals surface area contributed by atoms with Gasteiger partial charge >= 0.3 is 0 Å². The fraction of sp³-hybridized carbons (Fsp3) is 0.130. The third-order valence-electron chi connectivity index (χ3n) is 4.35. The first-order valence-electron chi connectivity index (χ1n) is 8.83. The van der Waals surface area contributed by atoms with Crippen molar-refractivity contribution in [1.82, 2.24) is 5.32 Å². The number of rotatable bonds is 6. The lowest BCUT2D eigenvalue weighted by molar-refractivity contribution is 0.0869. The van der Waals surface area contributed by atoms with Gasteiger partial charge in [0.2, 0.25) is 5.78 Å². The highest BCUT2D eigenvalue weighted by Gasteiger charge is 2.23. The van der Waals surface area contributed by atoms with Gasteiger partial charge in [-0.25, -0.2) is 0 Å². The van der Waals surface area contributed by atoms with E-state index in [1.54, 1.807) is 36.4 Å². The van der Waals surface area contributed by atoms with Crippen LogP contribution in [-0.2, 0) is 0 Å². The number of ketones is 1. The number of nitrogens with one attached hydrogen (secondary N) is 2. The molecule has 0 saturated heterocycles. The summed E-state index contributed by atoms with van der Waals surface area (Å²) < 4.78 is 0. The van der Waals surface area contributed by atoms with Crippen LogP contribution in [0.15, 0.2) is 78.9 Å². The molecule has 0 heterocycles. The fourth-order valence-corrected chi connectivity index (χ4v) is 2.75. The number of hydrogen-bond donors (Lipinski definition) is 2. The summed E-state index contributed by atoms with van der Waals surface area (Å²) in [6.45, 7) is 3.91. The van der Waals surface area contributed by atoms with Crippen LogP contribution in [-0.4, -0.2) is 17.9 Å². The van der Waals surface area contributed by atoms with E-state index in [9.17, 15) is 9.59 Å². The molecule has 0 aromatic heterocycles. The Kier molecular flexibility index (Phi) is 5.67. The molecule has 0 spiro atoms. The van der Waals surface area contributed by atoms with Gasteiger partial charge in [-0.2, -0.15) is 0 Å². The Morgan fingerprint density at radius 1 is 0.741 bits per heavy atom. The minimum absolute atomic E-state index is 0.195. The van der Waals surface area contributed by atoms with Gasteiger partial charge in [0, 0.05) is 16.8 Å². The van der Waals surface area contributed by atoms with E-state index in [1.807, 2.05) is 56.3 Å². The van der Waals surface area contributed by atoms with Crippen LogP contribution in [0, 0.1) is 13.8 Å². The smallest absolute Gasteiger partial charge is 0.253 e. The molecule has 1 atom stereocenters. The first kappa shape index (κ1) is 18.4. The van der Waals surface area contributed by atoms with Crippen LogP contribution in [0.4, 0.5) is 5.69 Å². The minimum Gasteiger partial charge on any atom is -0.359 e. The molecule has 3 aromatic carbocycles. The van der Waals surface area contributed by atoms with Crippen molar-refractivity contribution < 1.29 is 9.59 Å². The largest absolute Gasteiger partial charge is 0.359 e. The molecule has 4 nitrogen and oxygen atoms in total. The second-order valence-electron chi connectivity index (χ2n) is 6.46. The predicted molar refractivity (Wildman–Crippen MR) is 108 cm³/mol. The van der Waals surface area contributed by atoms with Gasteiger partial charge in [-0.1, -0.05) is 66.2 Å². The Morgan fingerprint density at radius 3 is 2.04 bits per heavy atom. The Labute approximate surface area is 159 Å². The molecule has 1 amide bonds. The maximum Gasteiger partial charge on any atom is 0.253 e. The molecule has 0 saturated carbocycles. The van der Waals surface area contributed by atoms with Crippen LogP contribution in [0.2, 0.25) is 0 Å². The molecule has 0 aliphatic rings. The number of hydrogen-bond acceptors (Lipinski definition) is 3. The monoisotopic (exact) mass is 358 g/mol. The van der Waals surface area contributed by atoms with Crippen LogP contribution < -0.4 is 10.6 Å². The summed E-state index contributed by atoms with van der Waals surface area (Å²) in [5.41, 5.74) is 3.91. The van der Waals surface area contributed by atoms with Gasteiger partial charge in [-0.15, -0.1) is 0 Å². The summed E-state index contributed by atoms with van der Waals surface area (Å²) in [5, 5.41) is 6.00. The molecule has 2 N–H and O–H groups in total. The number of carbonyl (C=O) groups is 2. The SMILES string of the molecule is Cc1ccc(C(=O)NC(Nc2ccccc2C)C(=O)c2ccccc2)cc1. The summed E-state index contributed by atoms with van der Waals surface area (Å²) >= 11 is 0. The molecule has 136 valence electrons. The molecule has 0 bridgehead atoms. The number of benzene rings is 3. The van der Waals surface area contributed by atoms with Crippen LogP contribution in [0.1, 0.15) is 31.8 Å². The summed E-state index contributed by atoms with van der Waals surface area (Å²) in [6, 6.07) is 23.9. The van der Waals surface area contributed by atoms with Gasteiger partial charge < -0.3 is 10.6 Å². The van der Waals surface area contributed by atoms with Crippen LogP contribution in [0.5, 0.6) is 0 Å². The molecule has 0 aliphatic carbocycles. The van der Waals surface area contributed by atoms with Gasteiger partial charge in [0.1, 0.15) is 0 Å². The van der Waals surface area contributed by atoms with Crippen molar-refractivity contribution in [3.63, 3.8) is 0 Å². The first-order chi connectivity index (χ1) is 13.0. The third kappa shape index (κ3) is 4.61.